The molecule has 4 heteroatoms. The number of hydrogen-bond acceptors (Lipinski definition) is 4. The Bertz CT molecular complexity index is 504. The largest absolute Gasteiger partial charge is 0.501 e. The van der Waals surface area contributed by atoms with E-state index in [2.05, 4.69) is 0 Å². The highest BCUT2D eigenvalue weighted by molar-refractivity contribution is 5.99. The number of ketones is 1. The third-order valence-electron chi connectivity index (χ3n) is 3.22. The van der Waals surface area contributed by atoms with E-state index in [1.165, 1.54) is 20.1 Å². The molecular formula is C15H16O4. The molecule has 0 spiro atoms. The SMILES string of the molecule is COC1=CC(=O)C(c2ccccc2)C1COC(C)=O. The van der Waals surface area contributed by atoms with Gasteiger partial charge in [-0.1, -0.05) is 30.3 Å². The van der Waals surface area contributed by atoms with Crippen LogP contribution in [0.1, 0.15) is 18.4 Å². The molecule has 0 radical (unpaired) electrons. The van der Waals surface area contributed by atoms with Gasteiger partial charge in [-0.05, 0) is 5.56 Å². The highest BCUT2D eigenvalue weighted by atomic mass is 16.5. The molecule has 0 aromatic heterocycles. The molecule has 0 saturated carbocycles. The fourth-order valence-electron chi connectivity index (χ4n) is 2.35. The van der Waals surface area contributed by atoms with Crippen LogP contribution in [-0.4, -0.2) is 25.5 Å². The first-order chi connectivity index (χ1) is 9.13. The molecule has 0 saturated heterocycles. The fraction of sp³-hybridized carbons (Fsp3) is 0.333. The van der Waals surface area contributed by atoms with Crippen molar-refractivity contribution in [3.63, 3.8) is 0 Å². The first-order valence-electron chi connectivity index (χ1n) is 6.11. The number of esters is 1. The summed E-state index contributed by atoms with van der Waals surface area (Å²) in [6.07, 6.45) is 1.49. The van der Waals surface area contributed by atoms with Crippen molar-refractivity contribution >= 4 is 11.8 Å². The van der Waals surface area contributed by atoms with Gasteiger partial charge in [0.25, 0.3) is 0 Å². The number of benzene rings is 1. The van der Waals surface area contributed by atoms with Gasteiger partial charge in [-0.3, -0.25) is 9.59 Å². The summed E-state index contributed by atoms with van der Waals surface area (Å²) in [5.74, 6) is -0.388. The maximum absolute atomic E-state index is 12.1. The minimum Gasteiger partial charge on any atom is -0.501 e. The summed E-state index contributed by atoms with van der Waals surface area (Å²) in [6, 6.07) is 9.47. The van der Waals surface area contributed by atoms with Gasteiger partial charge in [-0.15, -0.1) is 0 Å². The Labute approximate surface area is 112 Å². The van der Waals surface area contributed by atoms with Crippen LogP contribution >= 0.6 is 0 Å². The topological polar surface area (TPSA) is 52.6 Å². The smallest absolute Gasteiger partial charge is 0.302 e. The van der Waals surface area contributed by atoms with E-state index in [0.29, 0.717) is 5.76 Å². The van der Waals surface area contributed by atoms with E-state index in [-0.39, 0.29) is 30.2 Å². The van der Waals surface area contributed by atoms with Crippen molar-refractivity contribution in [1.29, 1.82) is 0 Å². The van der Waals surface area contributed by atoms with Crippen molar-refractivity contribution in [3.8, 4) is 0 Å². The zero-order valence-electron chi connectivity index (χ0n) is 11.0. The van der Waals surface area contributed by atoms with Crippen LogP contribution < -0.4 is 0 Å². The average molecular weight is 260 g/mol. The summed E-state index contributed by atoms with van der Waals surface area (Å²) in [4.78, 5) is 23.1. The zero-order valence-corrected chi connectivity index (χ0v) is 11.0. The van der Waals surface area contributed by atoms with Crippen LogP contribution in [0.5, 0.6) is 0 Å². The summed E-state index contributed by atoms with van der Waals surface area (Å²) in [7, 11) is 1.52. The van der Waals surface area contributed by atoms with Crippen LogP contribution in [0.15, 0.2) is 42.2 Å². The quantitative estimate of drug-likeness (QED) is 0.778. The molecule has 2 atom stereocenters. The van der Waals surface area contributed by atoms with E-state index < -0.39 is 0 Å². The lowest BCUT2D eigenvalue weighted by Crippen LogP contribution is -2.22. The molecule has 1 aliphatic carbocycles. The molecule has 0 bridgehead atoms. The molecule has 0 amide bonds. The third-order valence-corrected chi connectivity index (χ3v) is 3.22. The summed E-state index contributed by atoms with van der Waals surface area (Å²) < 4.78 is 10.3. The lowest BCUT2D eigenvalue weighted by molar-refractivity contribution is -0.142. The predicted octanol–water partition coefficient (Wildman–Crippen LogP) is 2.06. The molecule has 4 nitrogen and oxygen atoms in total. The van der Waals surface area contributed by atoms with Crippen LogP contribution in [0.4, 0.5) is 0 Å². The van der Waals surface area contributed by atoms with Gasteiger partial charge in [-0.25, -0.2) is 0 Å². The maximum atomic E-state index is 12.1. The summed E-state index contributed by atoms with van der Waals surface area (Å²) in [6.45, 7) is 1.50. The highest BCUT2D eigenvalue weighted by Crippen LogP contribution is 2.37. The first kappa shape index (κ1) is 13.3. The molecule has 19 heavy (non-hydrogen) atoms. The van der Waals surface area contributed by atoms with Gasteiger partial charge in [0.1, 0.15) is 12.4 Å². The maximum Gasteiger partial charge on any atom is 0.302 e. The minimum absolute atomic E-state index is 0.0137. The number of ether oxygens (including phenoxy) is 2. The molecule has 0 heterocycles. The van der Waals surface area contributed by atoms with E-state index in [4.69, 9.17) is 9.47 Å². The summed E-state index contributed by atoms with van der Waals surface area (Å²) in [5, 5.41) is 0. The standard InChI is InChI=1S/C15H16O4/c1-10(16)19-9-12-14(18-2)8-13(17)15(12)11-6-4-3-5-7-11/h3-8,12,15H,9H2,1-2H3. The van der Waals surface area contributed by atoms with Gasteiger partial charge in [-0.2, -0.15) is 0 Å². The van der Waals surface area contributed by atoms with Crippen molar-refractivity contribution in [3.05, 3.63) is 47.7 Å². The number of carbonyl (C=O) groups is 2. The third kappa shape index (κ3) is 2.84. The Morgan fingerprint density at radius 1 is 1.26 bits per heavy atom. The normalized spacial score (nSPS) is 22.0. The van der Waals surface area contributed by atoms with Crippen LogP contribution in [0.2, 0.25) is 0 Å². The number of rotatable bonds is 4. The van der Waals surface area contributed by atoms with Crippen LogP contribution in [0.25, 0.3) is 0 Å². The van der Waals surface area contributed by atoms with Gasteiger partial charge in [0.2, 0.25) is 0 Å². The van der Waals surface area contributed by atoms with Crippen LogP contribution in [-0.2, 0) is 19.1 Å². The molecule has 0 fully saturated rings. The summed E-state index contributed by atoms with van der Waals surface area (Å²) in [5.41, 5.74) is 0.910. The second kappa shape index (κ2) is 5.69. The monoisotopic (exact) mass is 260 g/mol. The lowest BCUT2D eigenvalue weighted by atomic mass is 9.87. The number of hydrogen-bond donors (Lipinski definition) is 0. The van der Waals surface area contributed by atoms with Crippen molar-refractivity contribution in [2.75, 3.05) is 13.7 Å². The van der Waals surface area contributed by atoms with E-state index in [1.807, 2.05) is 30.3 Å². The van der Waals surface area contributed by atoms with Crippen LogP contribution in [0.3, 0.4) is 0 Å². The Morgan fingerprint density at radius 2 is 1.95 bits per heavy atom. The molecule has 2 rings (SSSR count). The van der Waals surface area contributed by atoms with Gasteiger partial charge in [0.05, 0.1) is 18.9 Å². The second-order valence-electron chi connectivity index (χ2n) is 4.45. The van der Waals surface area contributed by atoms with Crippen molar-refractivity contribution in [2.24, 2.45) is 5.92 Å². The Hall–Kier alpha value is -2.10. The molecule has 1 aromatic carbocycles. The molecular weight excluding hydrogens is 244 g/mol. The van der Waals surface area contributed by atoms with Gasteiger partial charge in [0, 0.05) is 13.0 Å². The number of carbonyl (C=O) groups excluding carboxylic acids is 2. The number of methoxy groups -OCH3 is 1. The summed E-state index contributed by atoms with van der Waals surface area (Å²) >= 11 is 0. The van der Waals surface area contributed by atoms with E-state index in [9.17, 15) is 9.59 Å². The molecule has 100 valence electrons. The Kier molecular flexibility index (Phi) is 4.00. The molecule has 0 N–H and O–H groups in total. The minimum atomic E-state index is -0.360. The van der Waals surface area contributed by atoms with Crippen molar-refractivity contribution in [1.82, 2.24) is 0 Å². The van der Waals surface area contributed by atoms with Crippen molar-refractivity contribution in [2.45, 2.75) is 12.8 Å². The average Bonchev–Trinajstić information content (AvgIpc) is 2.73. The van der Waals surface area contributed by atoms with E-state index >= 15 is 0 Å². The Balaban J connectivity index is 2.25. The van der Waals surface area contributed by atoms with Gasteiger partial charge >= 0.3 is 5.97 Å². The molecule has 1 aromatic rings. The highest BCUT2D eigenvalue weighted by Gasteiger charge is 2.38. The number of allylic oxidation sites excluding steroid dienone is 1. The van der Waals surface area contributed by atoms with Crippen LogP contribution in [0, 0.1) is 5.92 Å². The van der Waals surface area contributed by atoms with E-state index in [1.54, 1.807) is 0 Å². The van der Waals surface area contributed by atoms with E-state index in [0.717, 1.165) is 5.56 Å². The van der Waals surface area contributed by atoms with Crippen molar-refractivity contribution < 1.29 is 19.1 Å². The van der Waals surface area contributed by atoms with Gasteiger partial charge in [0.15, 0.2) is 5.78 Å². The molecule has 2 unspecified atom stereocenters. The lowest BCUT2D eigenvalue weighted by Gasteiger charge is -2.20. The predicted molar refractivity (Wildman–Crippen MR) is 69.4 cm³/mol. The van der Waals surface area contributed by atoms with Gasteiger partial charge < -0.3 is 9.47 Å². The zero-order chi connectivity index (χ0) is 13.8. The Morgan fingerprint density at radius 3 is 2.53 bits per heavy atom. The first-order valence-corrected chi connectivity index (χ1v) is 6.11. The second-order valence-corrected chi connectivity index (χ2v) is 4.45. The molecule has 0 aliphatic heterocycles. The molecule has 1 aliphatic rings. The fourth-order valence-corrected chi connectivity index (χ4v) is 2.35.